The van der Waals surface area contributed by atoms with Crippen LogP contribution < -0.4 is 15.8 Å². The molecule has 2 aromatic heterocycles. The molecule has 0 unspecified atom stereocenters. The Morgan fingerprint density at radius 2 is 1.97 bits per heavy atom. The lowest BCUT2D eigenvalue weighted by atomic mass is 9.98. The van der Waals surface area contributed by atoms with Crippen molar-refractivity contribution in [1.29, 1.82) is 0 Å². The zero-order valence-electron chi connectivity index (χ0n) is 17.0. The molecule has 30 heavy (non-hydrogen) atoms. The number of nitrogens with zero attached hydrogens (tertiary/aromatic N) is 2. The van der Waals surface area contributed by atoms with Gasteiger partial charge in [-0.15, -0.1) is 0 Å². The number of nitrogens with one attached hydrogen (secondary N) is 1. The smallest absolute Gasteiger partial charge is 0.181 e. The lowest BCUT2D eigenvalue weighted by Crippen LogP contribution is -2.20. The lowest BCUT2D eigenvalue weighted by Gasteiger charge is -2.14. The van der Waals surface area contributed by atoms with Crippen molar-refractivity contribution in [3.8, 4) is 11.5 Å². The Morgan fingerprint density at radius 1 is 1.10 bits per heavy atom. The first-order valence-electron chi connectivity index (χ1n) is 10.5. The van der Waals surface area contributed by atoms with E-state index in [1.54, 1.807) is 6.20 Å². The number of rotatable bonds is 3. The van der Waals surface area contributed by atoms with Crippen molar-refractivity contribution in [2.24, 2.45) is 0 Å². The van der Waals surface area contributed by atoms with Gasteiger partial charge in [0.1, 0.15) is 11.5 Å². The molecule has 7 heteroatoms. The van der Waals surface area contributed by atoms with Crippen molar-refractivity contribution in [2.75, 3.05) is 18.8 Å². The summed E-state index contributed by atoms with van der Waals surface area (Å²) in [4.78, 5) is 8.56. The van der Waals surface area contributed by atoms with Crippen LogP contribution >= 0.6 is 11.3 Å². The summed E-state index contributed by atoms with van der Waals surface area (Å²) in [6.45, 7) is 1.91. The molecule has 5 rings (SSSR count). The number of nitrogens with two attached hydrogens (primary N) is 1. The van der Waals surface area contributed by atoms with Gasteiger partial charge in [-0.25, -0.2) is 4.98 Å². The highest BCUT2D eigenvalue weighted by atomic mass is 32.1. The van der Waals surface area contributed by atoms with E-state index in [0.29, 0.717) is 5.13 Å². The highest BCUT2D eigenvalue weighted by molar-refractivity contribution is 7.22. The average Bonchev–Trinajstić information content (AvgIpc) is 3.15. The normalized spacial score (nSPS) is 17.2. The molecule has 3 aromatic rings. The molecule has 2 aliphatic rings. The molecule has 0 amide bonds. The number of fused-ring (bicyclic) bond motifs is 1. The molecule has 1 fully saturated rings. The van der Waals surface area contributed by atoms with E-state index in [2.05, 4.69) is 21.4 Å². The summed E-state index contributed by atoms with van der Waals surface area (Å²) in [7, 11) is 0. The van der Waals surface area contributed by atoms with Crippen molar-refractivity contribution < 1.29 is 9.84 Å². The van der Waals surface area contributed by atoms with Crippen molar-refractivity contribution in [3.63, 3.8) is 0 Å². The number of hydrogen-bond acceptors (Lipinski definition) is 7. The maximum Gasteiger partial charge on any atom is 0.181 e. The number of benzene rings is 1. The van der Waals surface area contributed by atoms with Crippen LogP contribution in [0.3, 0.4) is 0 Å². The van der Waals surface area contributed by atoms with E-state index in [4.69, 9.17) is 15.6 Å². The summed E-state index contributed by atoms with van der Waals surface area (Å²) in [5, 5.41) is 12.8. The highest BCUT2D eigenvalue weighted by Gasteiger charge is 2.09. The van der Waals surface area contributed by atoms with Crippen LogP contribution in [0.15, 0.2) is 42.7 Å². The molecule has 3 heterocycles. The molecule has 1 saturated carbocycles. The SMILES string of the molecule is Nc1nc2ccc(Oc3cncc(C4=CCNCC4)c3)cc2s1.OC1CCCCC1. The summed E-state index contributed by atoms with van der Waals surface area (Å²) in [6.07, 6.45) is 12.8. The number of pyridine rings is 1. The number of anilines is 1. The van der Waals surface area contributed by atoms with Crippen molar-refractivity contribution >= 4 is 32.3 Å². The number of hydrogen-bond donors (Lipinski definition) is 3. The van der Waals surface area contributed by atoms with Gasteiger partial charge < -0.3 is 20.9 Å². The lowest BCUT2D eigenvalue weighted by molar-refractivity contribution is 0.130. The van der Waals surface area contributed by atoms with Gasteiger partial charge in [-0.3, -0.25) is 4.98 Å². The van der Waals surface area contributed by atoms with Gasteiger partial charge in [0, 0.05) is 18.8 Å². The van der Waals surface area contributed by atoms with Crippen LogP contribution in [-0.4, -0.2) is 34.3 Å². The van der Waals surface area contributed by atoms with Crippen LogP contribution in [0, 0.1) is 0 Å². The van der Waals surface area contributed by atoms with Crippen LogP contribution in [0.5, 0.6) is 11.5 Å². The predicted molar refractivity (Wildman–Crippen MR) is 123 cm³/mol. The number of aliphatic hydroxyl groups excluding tert-OH is 1. The number of nitrogen functional groups attached to an aromatic ring is 1. The molecule has 0 radical (unpaired) electrons. The standard InChI is InChI=1S/C17H16N4OS.C6H12O/c18-17-21-15-2-1-13(8-16(15)23-17)22-14-7-12(9-20-10-14)11-3-5-19-6-4-11;7-6-4-2-1-3-5-6/h1-3,7-10,19H,4-6H2,(H2,18,21);6-7H,1-5H2. The van der Waals surface area contributed by atoms with E-state index in [-0.39, 0.29) is 6.10 Å². The zero-order valence-corrected chi connectivity index (χ0v) is 17.8. The third-order valence-corrected chi connectivity index (χ3v) is 6.18. The number of aromatic nitrogens is 2. The van der Waals surface area contributed by atoms with E-state index in [1.807, 2.05) is 30.5 Å². The third-order valence-electron chi connectivity index (χ3n) is 5.33. The Bertz CT molecular complexity index is 1010. The second kappa shape index (κ2) is 10.0. The van der Waals surface area contributed by atoms with E-state index in [9.17, 15) is 0 Å². The zero-order chi connectivity index (χ0) is 20.8. The molecule has 0 spiro atoms. The molecule has 1 aliphatic carbocycles. The van der Waals surface area contributed by atoms with Gasteiger partial charge in [0.2, 0.25) is 0 Å². The highest BCUT2D eigenvalue weighted by Crippen LogP contribution is 2.31. The molecule has 6 nitrogen and oxygen atoms in total. The molecule has 0 saturated heterocycles. The Labute approximate surface area is 180 Å². The van der Waals surface area contributed by atoms with Crippen LogP contribution in [0.1, 0.15) is 44.1 Å². The number of ether oxygens (including phenoxy) is 1. The number of aliphatic hydroxyl groups is 1. The molecule has 0 atom stereocenters. The average molecular weight is 425 g/mol. The summed E-state index contributed by atoms with van der Waals surface area (Å²) < 4.78 is 6.98. The molecule has 1 aromatic carbocycles. The Morgan fingerprint density at radius 3 is 2.70 bits per heavy atom. The first-order chi connectivity index (χ1) is 14.7. The van der Waals surface area contributed by atoms with Crippen molar-refractivity contribution in [3.05, 3.63) is 48.3 Å². The molecular weight excluding hydrogens is 396 g/mol. The van der Waals surface area contributed by atoms with Crippen LogP contribution in [-0.2, 0) is 0 Å². The fourth-order valence-corrected chi connectivity index (χ4v) is 4.50. The third kappa shape index (κ3) is 5.56. The van der Waals surface area contributed by atoms with Crippen LogP contribution in [0.25, 0.3) is 15.8 Å². The molecule has 0 bridgehead atoms. The molecule has 4 N–H and O–H groups in total. The van der Waals surface area contributed by atoms with E-state index in [0.717, 1.165) is 59.6 Å². The van der Waals surface area contributed by atoms with Crippen LogP contribution in [0.4, 0.5) is 5.13 Å². The van der Waals surface area contributed by atoms with E-state index >= 15 is 0 Å². The summed E-state index contributed by atoms with van der Waals surface area (Å²) in [5.41, 5.74) is 9.07. The monoisotopic (exact) mass is 424 g/mol. The molecular formula is C23H28N4O2S. The quantitative estimate of drug-likeness (QED) is 0.562. The Kier molecular flexibility index (Phi) is 6.94. The molecule has 158 valence electrons. The molecule has 1 aliphatic heterocycles. The van der Waals surface area contributed by atoms with Crippen molar-refractivity contribution in [1.82, 2.24) is 15.3 Å². The second-order valence-electron chi connectivity index (χ2n) is 7.67. The summed E-state index contributed by atoms with van der Waals surface area (Å²) in [6, 6.07) is 7.82. The fraction of sp³-hybridized carbons (Fsp3) is 0.391. The van der Waals surface area contributed by atoms with Gasteiger partial charge in [-0.05, 0) is 55.1 Å². The van der Waals surface area contributed by atoms with E-state index < -0.39 is 0 Å². The first-order valence-corrected chi connectivity index (χ1v) is 11.4. The van der Waals surface area contributed by atoms with Gasteiger partial charge in [0.15, 0.2) is 5.13 Å². The maximum absolute atomic E-state index is 8.91. The Hall–Kier alpha value is -2.48. The van der Waals surface area contributed by atoms with E-state index in [1.165, 1.54) is 36.2 Å². The number of thiazole rings is 1. The van der Waals surface area contributed by atoms with Crippen LogP contribution in [0.2, 0.25) is 0 Å². The summed E-state index contributed by atoms with van der Waals surface area (Å²) in [5.74, 6) is 1.50. The van der Waals surface area contributed by atoms with Gasteiger partial charge in [0.05, 0.1) is 22.5 Å². The first kappa shape index (κ1) is 20.8. The predicted octanol–water partition coefficient (Wildman–Crippen LogP) is 4.75. The Balaban J connectivity index is 0.000000265. The maximum atomic E-state index is 8.91. The van der Waals surface area contributed by atoms with Gasteiger partial charge in [0.25, 0.3) is 0 Å². The van der Waals surface area contributed by atoms with Crippen molar-refractivity contribution in [2.45, 2.75) is 44.6 Å². The van der Waals surface area contributed by atoms with Gasteiger partial charge >= 0.3 is 0 Å². The second-order valence-corrected chi connectivity index (χ2v) is 8.73. The largest absolute Gasteiger partial charge is 0.456 e. The van der Waals surface area contributed by atoms with Gasteiger partial charge in [-0.2, -0.15) is 0 Å². The van der Waals surface area contributed by atoms with Gasteiger partial charge in [-0.1, -0.05) is 36.7 Å². The topological polar surface area (TPSA) is 93.3 Å². The summed E-state index contributed by atoms with van der Waals surface area (Å²) >= 11 is 1.46. The minimum atomic E-state index is 0.0359. The minimum absolute atomic E-state index is 0.0359. The fourth-order valence-electron chi connectivity index (χ4n) is 3.74. The minimum Gasteiger partial charge on any atom is -0.456 e.